The average Bonchev–Trinajstić information content (AvgIpc) is 3.16. The van der Waals surface area contributed by atoms with E-state index in [0.717, 1.165) is 25.8 Å². The molecule has 0 spiro atoms. The Balaban J connectivity index is 1.57. The van der Waals surface area contributed by atoms with Crippen LogP contribution in [0.3, 0.4) is 0 Å². The van der Waals surface area contributed by atoms with Crippen LogP contribution in [0.15, 0.2) is 89.0 Å². The fraction of sp³-hybridized carbons (Fsp3) is 0.0741. The van der Waals surface area contributed by atoms with Crippen LogP contribution in [-0.2, 0) is 16.1 Å². The summed E-state index contributed by atoms with van der Waals surface area (Å²) in [5.41, 5.74) is 4.37. The molecule has 3 aromatic carbocycles. The predicted molar refractivity (Wildman–Crippen MR) is 135 cm³/mol. The number of nitrogens with one attached hydrogen (secondary N) is 1. The van der Waals surface area contributed by atoms with Gasteiger partial charge in [-0.3, -0.25) is 14.9 Å². The number of benzene rings is 3. The highest BCUT2D eigenvalue weighted by Crippen LogP contribution is 2.28. The number of hydrogen-bond donors (Lipinski definition) is 1. The summed E-state index contributed by atoms with van der Waals surface area (Å²) in [6, 6.07) is 22.0. The van der Waals surface area contributed by atoms with Crippen LogP contribution >= 0.6 is 15.9 Å². The van der Waals surface area contributed by atoms with Crippen molar-refractivity contribution in [1.29, 1.82) is 0 Å². The molecule has 1 aliphatic heterocycles. The van der Waals surface area contributed by atoms with Gasteiger partial charge in [-0.2, -0.15) is 0 Å². The molecule has 1 aliphatic rings. The Hall–Kier alpha value is -3.97. The van der Waals surface area contributed by atoms with Gasteiger partial charge in [0.05, 0.1) is 5.69 Å². The van der Waals surface area contributed by atoms with Crippen LogP contribution in [0.2, 0.25) is 0 Å². The molecule has 0 radical (unpaired) electrons. The Morgan fingerprint density at radius 1 is 0.912 bits per heavy atom. The molecule has 1 fully saturated rings. The minimum absolute atomic E-state index is 0.0960. The minimum Gasteiger partial charge on any atom is -0.342 e. The second-order valence-corrected chi connectivity index (χ2v) is 9.01. The third-order valence-corrected chi connectivity index (χ3v) is 6.44. The van der Waals surface area contributed by atoms with Crippen molar-refractivity contribution >= 4 is 56.4 Å². The van der Waals surface area contributed by atoms with Crippen LogP contribution in [0.5, 0.6) is 0 Å². The maximum Gasteiger partial charge on any atom is 0.335 e. The first kappa shape index (κ1) is 21.9. The molecule has 5 rings (SSSR count). The normalized spacial score (nSPS) is 15.3. The van der Waals surface area contributed by atoms with E-state index >= 15 is 0 Å². The van der Waals surface area contributed by atoms with E-state index in [1.54, 1.807) is 30.3 Å². The molecular weight excluding hydrogens is 494 g/mol. The van der Waals surface area contributed by atoms with E-state index < -0.39 is 17.8 Å². The maximum absolute atomic E-state index is 13.3. The van der Waals surface area contributed by atoms with Gasteiger partial charge in [-0.1, -0.05) is 58.4 Å². The van der Waals surface area contributed by atoms with Crippen molar-refractivity contribution in [2.24, 2.45) is 0 Å². The van der Waals surface area contributed by atoms with E-state index in [9.17, 15) is 14.4 Å². The van der Waals surface area contributed by atoms with E-state index in [1.165, 1.54) is 11.1 Å². The Morgan fingerprint density at radius 3 is 2.38 bits per heavy atom. The topological polar surface area (TPSA) is 71.4 Å². The van der Waals surface area contributed by atoms with E-state index in [1.807, 2.05) is 42.6 Å². The number of fused-ring (bicyclic) bond motifs is 1. The SMILES string of the molecule is Cc1ccccc1Cn1cc(C=C2C(=O)NC(=O)N(c3ccc(Br)cc3)C2=O)c2ccccc21. The number of aromatic nitrogens is 1. The molecule has 2 heterocycles. The largest absolute Gasteiger partial charge is 0.342 e. The zero-order valence-electron chi connectivity index (χ0n) is 18.3. The van der Waals surface area contributed by atoms with Gasteiger partial charge >= 0.3 is 6.03 Å². The van der Waals surface area contributed by atoms with Crippen molar-refractivity contribution in [3.05, 3.63) is 106 Å². The van der Waals surface area contributed by atoms with Crippen LogP contribution in [0.4, 0.5) is 10.5 Å². The van der Waals surface area contributed by atoms with Crippen LogP contribution < -0.4 is 10.2 Å². The minimum atomic E-state index is -0.767. The van der Waals surface area contributed by atoms with Gasteiger partial charge in [-0.25, -0.2) is 9.69 Å². The molecule has 1 saturated heterocycles. The number of halogens is 1. The molecular formula is C27H20BrN3O3. The van der Waals surface area contributed by atoms with Gasteiger partial charge < -0.3 is 4.57 Å². The molecule has 4 aromatic rings. The third kappa shape index (κ3) is 3.95. The number of carbonyl (C=O) groups excluding carboxylic acids is 3. The molecule has 0 atom stereocenters. The summed E-state index contributed by atoms with van der Waals surface area (Å²) in [6.07, 6.45) is 3.50. The number of amides is 4. The van der Waals surface area contributed by atoms with E-state index in [4.69, 9.17) is 0 Å². The van der Waals surface area contributed by atoms with Gasteiger partial charge in [0.15, 0.2) is 0 Å². The van der Waals surface area contributed by atoms with Gasteiger partial charge in [-0.05, 0) is 54.5 Å². The van der Waals surface area contributed by atoms with Gasteiger partial charge in [0.25, 0.3) is 11.8 Å². The summed E-state index contributed by atoms with van der Waals surface area (Å²) in [7, 11) is 0. The van der Waals surface area contributed by atoms with Gasteiger partial charge in [0, 0.05) is 33.7 Å². The molecule has 6 nitrogen and oxygen atoms in total. The van der Waals surface area contributed by atoms with Gasteiger partial charge in [0.2, 0.25) is 0 Å². The molecule has 7 heteroatoms. The lowest BCUT2D eigenvalue weighted by atomic mass is 10.1. The molecule has 0 saturated carbocycles. The highest BCUT2D eigenvalue weighted by Gasteiger charge is 2.37. The fourth-order valence-corrected chi connectivity index (χ4v) is 4.39. The zero-order chi connectivity index (χ0) is 23.8. The lowest BCUT2D eigenvalue weighted by Crippen LogP contribution is -2.54. The quantitative estimate of drug-likeness (QED) is 0.292. The molecule has 168 valence electrons. The van der Waals surface area contributed by atoms with Crippen LogP contribution in [0, 0.1) is 6.92 Å². The maximum atomic E-state index is 13.3. The number of hydrogen-bond acceptors (Lipinski definition) is 3. The summed E-state index contributed by atoms with van der Waals surface area (Å²) in [5.74, 6) is -1.37. The van der Waals surface area contributed by atoms with E-state index in [2.05, 4.69) is 44.9 Å². The summed E-state index contributed by atoms with van der Waals surface area (Å²) in [6.45, 7) is 2.72. The summed E-state index contributed by atoms with van der Waals surface area (Å²) in [4.78, 5) is 39.4. The molecule has 0 aliphatic carbocycles. The number of barbiturate groups is 1. The van der Waals surface area contributed by atoms with Crippen LogP contribution in [0.25, 0.3) is 17.0 Å². The Kier molecular flexibility index (Phi) is 5.63. The molecule has 0 unspecified atom stereocenters. The zero-order valence-corrected chi connectivity index (χ0v) is 19.9. The summed E-state index contributed by atoms with van der Waals surface area (Å²) < 4.78 is 2.92. The number of carbonyl (C=O) groups is 3. The van der Waals surface area contributed by atoms with Crippen molar-refractivity contribution in [1.82, 2.24) is 9.88 Å². The van der Waals surface area contributed by atoms with Crippen LogP contribution in [-0.4, -0.2) is 22.4 Å². The van der Waals surface area contributed by atoms with Crippen molar-refractivity contribution in [3.63, 3.8) is 0 Å². The molecule has 34 heavy (non-hydrogen) atoms. The average molecular weight is 514 g/mol. The second kappa shape index (κ2) is 8.76. The first-order valence-electron chi connectivity index (χ1n) is 10.7. The fourth-order valence-electron chi connectivity index (χ4n) is 4.13. The van der Waals surface area contributed by atoms with Crippen molar-refractivity contribution < 1.29 is 14.4 Å². The number of aryl methyl sites for hydroxylation is 1. The van der Waals surface area contributed by atoms with E-state index in [-0.39, 0.29) is 5.57 Å². The Morgan fingerprint density at radius 2 is 1.62 bits per heavy atom. The number of para-hydroxylation sites is 1. The Labute approximate surface area is 204 Å². The lowest BCUT2D eigenvalue weighted by Gasteiger charge is -2.26. The first-order chi connectivity index (χ1) is 16.4. The van der Waals surface area contributed by atoms with Gasteiger partial charge in [-0.15, -0.1) is 0 Å². The number of rotatable bonds is 4. The van der Waals surface area contributed by atoms with Crippen molar-refractivity contribution in [3.8, 4) is 0 Å². The van der Waals surface area contributed by atoms with Crippen molar-refractivity contribution in [2.45, 2.75) is 13.5 Å². The monoisotopic (exact) mass is 513 g/mol. The third-order valence-electron chi connectivity index (χ3n) is 5.91. The molecule has 4 amide bonds. The Bertz CT molecular complexity index is 1480. The van der Waals surface area contributed by atoms with Gasteiger partial charge in [0.1, 0.15) is 5.57 Å². The number of urea groups is 1. The summed E-state index contributed by atoms with van der Waals surface area (Å²) in [5, 5.41) is 3.20. The molecule has 1 aromatic heterocycles. The smallest absolute Gasteiger partial charge is 0.335 e. The highest BCUT2D eigenvalue weighted by atomic mass is 79.9. The number of imide groups is 2. The lowest BCUT2D eigenvalue weighted by molar-refractivity contribution is -0.122. The highest BCUT2D eigenvalue weighted by molar-refractivity contribution is 9.10. The number of anilines is 1. The van der Waals surface area contributed by atoms with Crippen LogP contribution in [0.1, 0.15) is 16.7 Å². The second-order valence-electron chi connectivity index (χ2n) is 8.09. The predicted octanol–water partition coefficient (Wildman–Crippen LogP) is 5.43. The van der Waals surface area contributed by atoms with Crippen molar-refractivity contribution in [2.75, 3.05) is 4.90 Å². The number of nitrogens with zero attached hydrogens (tertiary/aromatic N) is 2. The molecule has 0 bridgehead atoms. The summed E-state index contributed by atoms with van der Waals surface area (Å²) >= 11 is 3.35. The standard InChI is InChI=1S/C27H20BrN3O3/c1-17-6-2-3-7-18(17)15-30-16-19(22-8-4-5-9-24(22)30)14-23-25(32)29-27(34)31(26(23)33)21-12-10-20(28)11-13-21/h2-14,16H,15H2,1H3,(H,29,32,34). The first-order valence-corrected chi connectivity index (χ1v) is 11.5. The van der Waals surface area contributed by atoms with E-state index in [0.29, 0.717) is 12.2 Å². The molecule has 1 N–H and O–H groups in total.